The topological polar surface area (TPSA) is 366 Å². The molecule has 7 N–H and O–H groups in total. The molecule has 0 aliphatic rings. The number of nitrogens with zero attached hydrogens (tertiary/aromatic N) is 7. The molecule has 2 aromatic rings. The van der Waals surface area contributed by atoms with E-state index in [0.29, 0.717) is 43.9 Å². The highest BCUT2D eigenvalue weighted by Gasteiger charge is 2.34. The van der Waals surface area contributed by atoms with Crippen molar-refractivity contribution in [2.24, 2.45) is 5.73 Å². The average Bonchev–Trinajstić information content (AvgIpc) is 1.79. The van der Waals surface area contributed by atoms with E-state index in [9.17, 15) is 53.4 Å². The molecule has 2 unspecified atom stereocenters. The molecular weight excluding hydrogens is 1230 g/mol. The number of aromatic nitrogens is 4. The van der Waals surface area contributed by atoms with Gasteiger partial charge >= 0.3 is 41.8 Å². The SMILES string of the molecule is CC(C)(C)OC(=O)CC[C@H](NC(=O)N[C@@H](CCCCNC(=O)[C@@H](N)CCCCN(Cc1nccn1CC(=O)N(CC(=O)OC(C)(C)C)CC(=O)OC(C)(C)C)Cc1nccn1CC(O)N(CC(=O)OC(C)(C)C)CC(O)OC(C)(C)C)C(=O)OC(C)(C)C)C(=O)OC(C)(C)C. The van der Waals surface area contributed by atoms with E-state index in [1.54, 1.807) is 173 Å². The quantitative estimate of drug-likeness (QED) is 0.0218. The summed E-state index contributed by atoms with van der Waals surface area (Å²) < 4.78 is 42.1. The number of nitrogens with one attached hydrogen (secondary N) is 3. The number of esters is 6. The number of unbranched alkanes of at least 4 members (excludes halogenated alkanes) is 2. The molecule has 0 spiro atoms. The first-order valence-electron chi connectivity index (χ1n) is 32.6. The van der Waals surface area contributed by atoms with Crippen LogP contribution in [0.15, 0.2) is 24.8 Å². The minimum absolute atomic E-state index is 0.0948. The molecule has 0 aromatic carbocycles. The number of imidazole rings is 2. The van der Waals surface area contributed by atoms with Gasteiger partial charge in [0.1, 0.15) is 83.2 Å². The lowest BCUT2D eigenvalue weighted by Gasteiger charge is -2.32. The Kier molecular flexibility index (Phi) is 32.9. The second kappa shape index (κ2) is 37.1. The molecule has 0 saturated carbocycles. The number of hydrogen-bond donors (Lipinski definition) is 6. The number of ether oxygens (including phenoxy) is 7. The lowest BCUT2D eigenvalue weighted by Crippen LogP contribution is -2.53. The van der Waals surface area contributed by atoms with Gasteiger partial charge in [-0.15, -0.1) is 0 Å². The predicted molar refractivity (Wildman–Crippen MR) is 352 cm³/mol. The minimum atomic E-state index is -1.38. The molecule has 0 radical (unpaired) electrons. The van der Waals surface area contributed by atoms with E-state index in [0.717, 1.165) is 4.90 Å². The maximum absolute atomic E-state index is 14.1. The van der Waals surface area contributed by atoms with Crippen molar-refractivity contribution in [2.45, 2.75) is 293 Å². The Bertz CT molecular complexity index is 2760. The maximum atomic E-state index is 14.1. The number of aliphatic hydroxyl groups is 2. The number of carbonyl (C=O) groups is 9. The Hall–Kier alpha value is -6.79. The number of nitrogens with two attached hydrogens (primary N) is 1. The Morgan fingerprint density at radius 2 is 0.968 bits per heavy atom. The summed E-state index contributed by atoms with van der Waals surface area (Å²) in [5, 5.41) is 30.7. The van der Waals surface area contributed by atoms with Gasteiger partial charge in [0, 0.05) is 37.8 Å². The van der Waals surface area contributed by atoms with Crippen LogP contribution in [0.25, 0.3) is 0 Å². The van der Waals surface area contributed by atoms with Gasteiger partial charge in [-0.2, -0.15) is 0 Å². The predicted octanol–water partition coefficient (Wildman–Crippen LogP) is 5.32. The van der Waals surface area contributed by atoms with Gasteiger partial charge in [-0.05, 0) is 190 Å². The first kappa shape index (κ1) is 84.3. The van der Waals surface area contributed by atoms with E-state index in [2.05, 4.69) is 25.9 Å². The Morgan fingerprint density at radius 1 is 0.537 bits per heavy atom. The molecule has 2 aromatic heterocycles. The van der Waals surface area contributed by atoms with Crippen LogP contribution in [0.5, 0.6) is 0 Å². The van der Waals surface area contributed by atoms with Crippen LogP contribution in [-0.2, 0) is 97.7 Å². The highest BCUT2D eigenvalue weighted by Crippen LogP contribution is 2.20. The Labute approximate surface area is 562 Å². The van der Waals surface area contributed by atoms with Gasteiger partial charge in [-0.1, -0.05) is 6.42 Å². The van der Waals surface area contributed by atoms with Gasteiger partial charge in [-0.25, -0.2) is 24.4 Å². The minimum Gasteiger partial charge on any atom is -0.460 e. The number of amides is 4. The molecule has 0 saturated heterocycles. The van der Waals surface area contributed by atoms with E-state index >= 15 is 0 Å². The number of carbonyl (C=O) groups excluding carboxylic acids is 9. The van der Waals surface area contributed by atoms with Crippen molar-refractivity contribution in [1.29, 1.82) is 0 Å². The van der Waals surface area contributed by atoms with Crippen LogP contribution in [0.2, 0.25) is 0 Å². The summed E-state index contributed by atoms with van der Waals surface area (Å²) in [5.74, 6) is -4.28. The van der Waals surface area contributed by atoms with Crippen LogP contribution in [0.4, 0.5) is 4.79 Å². The average molecular weight is 1350 g/mol. The molecular formula is C66H115N11O18. The van der Waals surface area contributed by atoms with E-state index < -0.39 is 137 Å². The molecule has 29 nitrogen and oxygen atoms in total. The summed E-state index contributed by atoms with van der Waals surface area (Å²) in [6.07, 6.45) is 5.27. The molecule has 0 bridgehead atoms. The van der Waals surface area contributed by atoms with Gasteiger partial charge in [0.15, 0.2) is 6.29 Å². The fourth-order valence-electron chi connectivity index (χ4n) is 9.12. The molecule has 542 valence electrons. The van der Waals surface area contributed by atoms with Gasteiger partial charge in [0.2, 0.25) is 11.8 Å². The monoisotopic (exact) mass is 1350 g/mol. The number of urea groups is 1. The second-order valence-corrected chi connectivity index (χ2v) is 30.6. The van der Waals surface area contributed by atoms with Crippen molar-refractivity contribution in [2.75, 3.05) is 39.3 Å². The smallest absolute Gasteiger partial charge is 0.329 e. The van der Waals surface area contributed by atoms with E-state index in [4.69, 9.17) is 38.9 Å². The summed E-state index contributed by atoms with van der Waals surface area (Å²) in [6.45, 7) is 34.4. The second-order valence-electron chi connectivity index (χ2n) is 30.6. The zero-order valence-corrected chi connectivity index (χ0v) is 60.6. The van der Waals surface area contributed by atoms with E-state index in [1.807, 2.05) is 4.90 Å². The van der Waals surface area contributed by atoms with Crippen molar-refractivity contribution >= 4 is 53.7 Å². The molecule has 29 heteroatoms. The zero-order valence-electron chi connectivity index (χ0n) is 60.6. The standard InChI is InChI=1S/C66H115N11O18/c1-60(2,3)89-51(80)29-28-46(58(87)95-66(19,20)21)72-59(88)71-45(57(86)94-65(16,17)18)27-22-24-30-70-56(85)44(67)26-23-25-33-73(36-47-68-31-34-74(47)38-49(78)76(40-52(81)90-61(4,5)6)41-53(82)91-62(7,8)9)37-48-69-32-35-75(48)39-50(79)77(42-54(83)92-63(10,11)12)43-55(84)93-64(13,14)15/h31-32,34-35,44-46,49,52,78,81H,22-30,33,36-43,67H2,1-21H3,(H,70,85)(H2,71,72,88)/t44-,45-,46-,49?,52?/m0/s1. The molecule has 0 aliphatic carbocycles. The van der Waals surface area contributed by atoms with Gasteiger partial charge < -0.3 is 79.1 Å². The van der Waals surface area contributed by atoms with E-state index in [1.165, 1.54) is 11.1 Å². The number of aliphatic hydroxyl groups excluding tert-OH is 2. The number of hydrogen-bond acceptors (Lipinski definition) is 23. The maximum Gasteiger partial charge on any atom is 0.329 e. The molecule has 0 aliphatic heterocycles. The third-order valence-corrected chi connectivity index (χ3v) is 12.7. The fraction of sp³-hybridized carbons (Fsp3) is 0.773. The van der Waals surface area contributed by atoms with Crippen molar-refractivity contribution in [3.63, 3.8) is 0 Å². The molecule has 95 heavy (non-hydrogen) atoms. The van der Waals surface area contributed by atoms with Gasteiger partial charge in [0.05, 0.1) is 44.4 Å². The highest BCUT2D eigenvalue weighted by molar-refractivity contribution is 5.88. The molecule has 4 amide bonds. The van der Waals surface area contributed by atoms with Crippen molar-refractivity contribution in [1.82, 2.24) is 49.8 Å². The van der Waals surface area contributed by atoms with Crippen LogP contribution in [0.3, 0.4) is 0 Å². The fourth-order valence-corrected chi connectivity index (χ4v) is 9.12. The van der Waals surface area contributed by atoms with Crippen LogP contribution in [0.1, 0.15) is 208 Å². The van der Waals surface area contributed by atoms with Crippen LogP contribution in [0, 0.1) is 0 Å². The molecule has 2 rings (SSSR count). The summed E-state index contributed by atoms with van der Waals surface area (Å²) in [7, 11) is 0. The number of rotatable bonds is 36. The first-order valence-corrected chi connectivity index (χ1v) is 32.6. The lowest BCUT2D eigenvalue weighted by molar-refractivity contribution is -0.189. The normalized spacial score (nSPS) is 14.2. The highest BCUT2D eigenvalue weighted by atomic mass is 16.6. The summed E-state index contributed by atoms with van der Waals surface area (Å²) in [6, 6.07) is -4.22. The van der Waals surface area contributed by atoms with E-state index in [-0.39, 0.29) is 71.5 Å². The molecule has 5 atom stereocenters. The third kappa shape index (κ3) is 38.5. The largest absolute Gasteiger partial charge is 0.460 e. The van der Waals surface area contributed by atoms with Crippen LogP contribution >= 0.6 is 0 Å². The summed E-state index contributed by atoms with van der Waals surface area (Å²) in [5.41, 5.74) is 0.532. The van der Waals surface area contributed by atoms with Crippen molar-refractivity contribution in [3.05, 3.63) is 36.4 Å². The Morgan fingerprint density at radius 3 is 1.44 bits per heavy atom. The molecule has 2 heterocycles. The zero-order chi connectivity index (χ0) is 72.7. The van der Waals surface area contributed by atoms with Gasteiger partial charge in [-0.3, -0.25) is 38.6 Å². The summed E-state index contributed by atoms with van der Waals surface area (Å²) in [4.78, 5) is 133. The van der Waals surface area contributed by atoms with Gasteiger partial charge in [0.25, 0.3) is 0 Å². The Balaban J connectivity index is 2.35. The lowest BCUT2D eigenvalue weighted by atomic mass is 10.1. The third-order valence-electron chi connectivity index (χ3n) is 12.7. The van der Waals surface area contributed by atoms with Crippen molar-refractivity contribution < 1.29 is 86.5 Å². The summed E-state index contributed by atoms with van der Waals surface area (Å²) >= 11 is 0. The first-order chi connectivity index (χ1) is 43.3. The van der Waals surface area contributed by atoms with Crippen molar-refractivity contribution in [3.8, 4) is 0 Å². The van der Waals surface area contributed by atoms with Crippen LogP contribution in [-0.4, -0.2) is 207 Å². The van der Waals surface area contributed by atoms with Crippen LogP contribution < -0.4 is 21.7 Å². The molecule has 0 fully saturated rings.